The van der Waals surface area contributed by atoms with E-state index in [4.69, 9.17) is 9.84 Å². The van der Waals surface area contributed by atoms with Crippen LogP contribution in [0.1, 0.15) is 27.0 Å². The molecule has 0 aliphatic carbocycles. The lowest BCUT2D eigenvalue weighted by atomic mass is 10.1. The van der Waals surface area contributed by atoms with Crippen molar-refractivity contribution in [2.24, 2.45) is 0 Å². The van der Waals surface area contributed by atoms with E-state index in [9.17, 15) is 4.79 Å². The first-order valence-corrected chi connectivity index (χ1v) is 6.82. The van der Waals surface area contributed by atoms with Crippen molar-refractivity contribution in [2.75, 3.05) is 0 Å². The molecule has 0 atom stereocenters. The molecule has 4 nitrogen and oxygen atoms in total. The minimum Gasteiger partial charge on any atom is -0.478 e. The topological polar surface area (TPSA) is 59.4 Å². The number of aromatic nitrogens is 1. The second kappa shape index (κ2) is 5.63. The van der Waals surface area contributed by atoms with Gasteiger partial charge >= 0.3 is 5.97 Å². The van der Waals surface area contributed by atoms with E-state index in [0.717, 1.165) is 15.6 Å². The first kappa shape index (κ1) is 14.5. The minimum absolute atomic E-state index is 0.151. The van der Waals surface area contributed by atoms with Gasteiger partial charge in [-0.05, 0) is 50.1 Å². The number of carboxylic acid groups (broad SMARTS) is 1. The second-order valence-electron chi connectivity index (χ2n) is 4.62. The van der Waals surface area contributed by atoms with Crippen LogP contribution in [0.3, 0.4) is 0 Å². The Balaban J connectivity index is 2.33. The Labute approximate surface area is 125 Å². The maximum Gasteiger partial charge on any atom is 0.337 e. The summed E-state index contributed by atoms with van der Waals surface area (Å²) in [6.45, 7) is 5.74. The number of halogens is 1. The summed E-state index contributed by atoms with van der Waals surface area (Å²) in [4.78, 5) is 14.9. The maximum absolute atomic E-state index is 10.9. The molecule has 1 N–H and O–H groups in total. The zero-order valence-corrected chi connectivity index (χ0v) is 13.0. The number of hydrogen-bond donors (Lipinski definition) is 1. The van der Waals surface area contributed by atoms with Gasteiger partial charge in [-0.1, -0.05) is 15.9 Å². The number of rotatable bonds is 3. The van der Waals surface area contributed by atoms with Gasteiger partial charge in [0.05, 0.1) is 5.56 Å². The smallest absolute Gasteiger partial charge is 0.337 e. The summed E-state index contributed by atoms with van der Waals surface area (Å²) in [5, 5.41) is 8.91. The number of hydrogen-bond acceptors (Lipinski definition) is 3. The third kappa shape index (κ3) is 2.99. The number of benzene rings is 1. The van der Waals surface area contributed by atoms with Crippen molar-refractivity contribution in [2.45, 2.75) is 20.8 Å². The molecule has 5 heteroatoms. The highest BCUT2D eigenvalue weighted by atomic mass is 79.9. The average molecular weight is 336 g/mol. The van der Waals surface area contributed by atoms with Crippen LogP contribution >= 0.6 is 15.9 Å². The fourth-order valence-corrected chi connectivity index (χ4v) is 2.09. The van der Waals surface area contributed by atoms with Crippen LogP contribution in [0.25, 0.3) is 0 Å². The summed E-state index contributed by atoms with van der Waals surface area (Å²) in [7, 11) is 0. The van der Waals surface area contributed by atoms with Crippen LogP contribution in [0.5, 0.6) is 11.6 Å². The number of carboxylic acids is 1. The Morgan fingerprint density at radius 1 is 1.15 bits per heavy atom. The Morgan fingerprint density at radius 2 is 1.75 bits per heavy atom. The summed E-state index contributed by atoms with van der Waals surface area (Å²) in [6, 6.07) is 5.36. The molecule has 0 spiro atoms. The largest absolute Gasteiger partial charge is 0.478 e. The molecule has 0 amide bonds. The molecule has 2 rings (SSSR count). The Bertz CT molecular complexity index is 660. The van der Waals surface area contributed by atoms with E-state index < -0.39 is 5.97 Å². The predicted molar refractivity (Wildman–Crippen MR) is 79.6 cm³/mol. The van der Waals surface area contributed by atoms with Gasteiger partial charge in [0, 0.05) is 16.2 Å². The van der Waals surface area contributed by atoms with Gasteiger partial charge in [-0.25, -0.2) is 9.78 Å². The van der Waals surface area contributed by atoms with Gasteiger partial charge in [0.25, 0.3) is 0 Å². The summed E-state index contributed by atoms with van der Waals surface area (Å²) >= 11 is 3.50. The summed E-state index contributed by atoms with van der Waals surface area (Å²) in [6.07, 6.45) is 1.29. The Kier molecular flexibility index (Phi) is 4.09. The van der Waals surface area contributed by atoms with Crippen LogP contribution in [0.4, 0.5) is 0 Å². The first-order valence-electron chi connectivity index (χ1n) is 6.03. The molecule has 0 fully saturated rings. The van der Waals surface area contributed by atoms with Crippen LogP contribution in [0, 0.1) is 20.8 Å². The molecule has 0 saturated carbocycles. The predicted octanol–water partition coefficient (Wildman–Crippen LogP) is 4.26. The number of nitrogens with zero attached hydrogens (tertiary/aromatic N) is 1. The van der Waals surface area contributed by atoms with Gasteiger partial charge < -0.3 is 9.84 Å². The van der Waals surface area contributed by atoms with Gasteiger partial charge in [0.2, 0.25) is 5.88 Å². The van der Waals surface area contributed by atoms with Crippen LogP contribution in [0.2, 0.25) is 0 Å². The molecular formula is C15H14BrNO3. The molecular weight excluding hydrogens is 322 g/mol. The molecule has 1 heterocycles. The molecule has 1 aromatic heterocycles. The summed E-state index contributed by atoms with van der Waals surface area (Å²) in [5.41, 5.74) is 2.97. The highest BCUT2D eigenvalue weighted by Gasteiger charge is 2.10. The van der Waals surface area contributed by atoms with E-state index in [2.05, 4.69) is 20.9 Å². The summed E-state index contributed by atoms with van der Waals surface area (Å²) < 4.78 is 6.79. The van der Waals surface area contributed by atoms with Crippen LogP contribution < -0.4 is 4.74 Å². The molecule has 2 aromatic rings. The quantitative estimate of drug-likeness (QED) is 0.910. The van der Waals surface area contributed by atoms with Crippen LogP contribution in [-0.2, 0) is 0 Å². The molecule has 0 aliphatic heterocycles. The minimum atomic E-state index is -0.998. The lowest BCUT2D eigenvalue weighted by Gasteiger charge is -2.11. The third-order valence-corrected chi connectivity index (χ3v) is 4.15. The molecule has 20 heavy (non-hydrogen) atoms. The Morgan fingerprint density at radius 3 is 2.25 bits per heavy atom. The molecule has 0 unspecified atom stereocenters. The second-order valence-corrected chi connectivity index (χ2v) is 5.42. The van der Waals surface area contributed by atoms with Crippen molar-refractivity contribution >= 4 is 21.9 Å². The van der Waals surface area contributed by atoms with E-state index in [1.54, 1.807) is 13.0 Å². The van der Waals surface area contributed by atoms with Crippen molar-refractivity contribution in [3.8, 4) is 11.6 Å². The maximum atomic E-state index is 10.9. The monoisotopic (exact) mass is 335 g/mol. The van der Waals surface area contributed by atoms with Gasteiger partial charge in [0.1, 0.15) is 5.75 Å². The number of pyridine rings is 1. The highest BCUT2D eigenvalue weighted by molar-refractivity contribution is 9.10. The number of aryl methyl sites for hydroxylation is 3. The van der Waals surface area contributed by atoms with E-state index in [0.29, 0.717) is 17.2 Å². The molecule has 104 valence electrons. The van der Waals surface area contributed by atoms with Crippen molar-refractivity contribution in [3.63, 3.8) is 0 Å². The van der Waals surface area contributed by atoms with Crippen LogP contribution in [-0.4, -0.2) is 16.1 Å². The van der Waals surface area contributed by atoms with E-state index in [-0.39, 0.29) is 5.56 Å². The molecule has 0 bridgehead atoms. The lowest BCUT2D eigenvalue weighted by molar-refractivity contribution is 0.0696. The van der Waals surface area contributed by atoms with E-state index in [1.165, 1.54) is 6.20 Å². The number of aromatic carboxylic acids is 1. The van der Waals surface area contributed by atoms with Gasteiger partial charge in [-0.15, -0.1) is 0 Å². The number of ether oxygens (including phenoxy) is 1. The van der Waals surface area contributed by atoms with Gasteiger partial charge in [-0.2, -0.15) is 0 Å². The SMILES string of the molecule is Cc1cc(C(=O)O)cnc1Oc1cc(C)c(Br)c(C)c1. The highest BCUT2D eigenvalue weighted by Crippen LogP contribution is 2.30. The summed E-state index contributed by atoms with van der Waals surface area (Å²) in [5.74, 6) is 0.0977. The van der Waals surface area contributed by atoms with Gasteiger partial charge in [-0.3, -0.25) is 0 Å². The van der Waals surface area contributed by atoms with Crippen molar-refractivity contribution in [3.05, 3.63) is 51.1 Å². The normalized spacial score (nSPS) is 10.4. The molecule has 0 radical (unpaired) electrons. The van der Waals surface area contributed by atoms with Crippen molar-refractivity contribution < 1.29 is 14.6 Å². The lowest BCUT2D eigenvalue weighted by Crippen LogP contribution is -2.00. The zero-order valence-electron chi connectivity index (χ0n) is 11.4. The third-order valence-electron chi connectivity index (χ3n) is 2.90. The van der Waals surface area contributed by atoms with Gasteiger partial charge in [0.15, 0.2) is 0 Å². The zero-order chi connectivity index (χ0) is 14.9. The fraction of sp³-hybridized carbons (Fsp3) is 0.200. The van der Waals surface area contributed by atoms with Crippen molar-refractivity contribution in [1.29, 1.82) is 0 Å². The first-order chi connectivity index (χ1) is 9.38. The average Bonchev–Trinajstić information content (AvgIpc) is 2.38. The van der Waals surface area contributed by atoms with Crippen LogP contribution in [0.15, 0.2) is 28.9 Å². The molecule has 0 aliphatic rings. The standard InChI is InChI=1S/C15H14BrNO3/c1-8-5-12(6-9(2)13(8)16)20-14-10(3)4-11(7-17-14)15(18)19/h4-7H,1-3H3,(H,18,19). The van der Waals surface area contributed by atoms with Crippen molar-refractivity contribution in [1.82, 2.24) is 4.98 Å². The number of carbonyl (C=O) groups is 1. The van der Waals surface area contributed by atoms with E-state index >= 15 is 0 Å². The molecule has 0 saturated heterocycles. The Hall–Kier alpha value is -1.88. The fourth-order valence-electron chi connectivity index (χ4n) is 1.86. The molecule has 1 aromatic carbocycles. The van der Waals surface area contributed by atoms with E-state index in [1.807, 2.05) is 26.0 Å².